The van der Waals surface area contributed by atoms with Crippen LogP contribution in [-0.4, -0.2) is 21.1 Å². The highest BCUT2D eigenvalue weighted by Crippen LogP contribution is 2.18. The lowest BCUT2D eigenvalue weighted by Gasteiger charge is -2.13. The molecule has 0 aliphatic carbocycles. The van der Waals surface area contributed by atoms with Crippen molar-refractivity contribution in [2.45, 2.75) is 19.4 Å². The summed E-state index contributed by atoms with van der Waals surface area (Å²) in [4.78, 5) is 9.06. The molecule has 3 rings (SSSR count). The van der Waals surface area contributed by atoms with Crippen LogP contribution >= 0.6 is 0 Å². The van der Waals surface area contributed by atoms with Crippen molar-refractivity contribution in [2.75, 3.05) is 6.54 Å². The number of hydrogen-bond acceptors (Lipinski definition) is 3. The van der Waals surface area contributed by atoms with Gasteiger partial charge >= 0.3 is 0 Å². The van der Waals surface area contributed by atoms with E-state index < -0.39 is 0 Å². The van der Waals surface area contributed by atoms with Crippen LogP contribution in [0.2, 0.25) is 0 Å². The molecule has 0 fully saturated rings. The number of imidazole rings is 1. The summed E-state index contributed by atoms with van der Waals surface area (Å²) in [6.07, 6.45) is 2.76. The van der Waals surface area contributed by atoms with Gasteiger partial charge in [0.05, 0.1) is 17.1 Å². The molecule has 2 heterocycles. The SMILES string of the molecule is C[C@H](NCCc1ccccn1)c1nc2ccccc2n1C. The van der Waals surface area contributed by atoms with E-state index in [1.807, 2.05) is 30.5 Å². The van der Waals surface area contributed by atoms with Crippen molar-refractivity contribution in [3.05, 3.63) is 60.2 Å². The number of benzene rings is 1. The molecule has 21 heavy (non-hydrogen) atoms. The molecular formula is C17H20N4. The molecule has 1 N–H and O–H groups in total. The van der Waals surface area contributed by atoms with Gasteiger partial charge in [-0.2, -0.15) is 0 Å². The molecule has 3 aromatic rings. The minimum absolute atomic E-state index is 0.214. The molecule has 0 saturated heterocycles. The zero-order valence-electron chi connectivity index (χ0n) is 12.5. The van der Waals surface area contributed by atoms with E-state index in [4.69, 9.17) is 4.98 Å². The minimum atomic E-state index is 0.214. The van der Waals surface area contributed by atoms with Crippen LogP contribution in [0.5, 0.6) is 0 Å². The first kappa shape index (κ1) is 13.8. The molecule has 4 heteroatoms. The Morgan fingerprint density at radius 2 is 1.95 bits per heavy atom. The lowest BCUT2D eigenvalue weighted by Crippen LogP contribution is -2.24. The summed E-state index contributed by atoms with van der Waals surface area (Å²) in [6, 6.07) is 14.5. The van der Waals surface area contributed by atoms with Crippen molar-refractivity contribution >= 4 is 11.0 Å². The first-order valence-corrected chi connectivity index (χ1v) is 7.30. The van der Waals surface area contributed by atoms with Crippen molar-refractivity contribution in [2.24, 2.45) is 7.05 Å². The van der Waals surface area contributed by atoms with Crippen LogP contribution in [0.15, 0.2) is 48.7 Å². The average Bonchev–Trinajstić information content (AvgIpc) is 2.86. The summed E-state index contributed by atoms with van der Waals surface area (Å²) in [5.74, 6) is 1.07. The van der Waals surface area contributed by atoms with Crippen LogP contribution in [0.1, 0.15) is 24.5 Å². The monoisotopic (exact) mass is 280 g/mol. The maximum absolute atomic E-state index is 4.72. The first-order chi connectivity index (χ1) is 10.3. The predicted octanol–water partition coefficient (Wildman–Crippen LogP) is 2.86. The highest BCUT2D eigenvalue weighted by Gasteiger charge is 2.13. The van der Waals surface area contributed by atoms with Gasteiger partial charge in [0, 0.05) is 31.9 Å². The van der Waals surface area contributed by atoms with Crippen LogP contribution in [0.25, 0.3) is 11.0 Å². The Bertz CT molecular complexity index is 718. The van der Waals surface area contributed by atoms with Crippen molar-refractivity contribution in [1.29, 1.82) is 0 Å². The number of nitrogens with zero attached hydrogens (tertiary/aromatic N) is 3. The number of pyridine rings is 1. The number of fused-ring (bicyclic) bond motifs is 1. The molecule has 2 aromatic heterocycles. The van der Waals surface area contributed by atoms with Crippen molar-refractivity contribution in [3.8, 4) is 0 Å². The summed E-state index contributed by atoms with van der Waals surface area (Å²) in [6.45, 7) is 3.04. The van der Waals surface area contributed by atoms with Gasteiger partial charge < -0.3 is 9.88 Å². The van der Waals surface area contributed by atoms with Gasteiger partial charge in [-0.1, -0.05) is 18.2 Å². The fourth-order valence-corrected chi connectivity index (χ4v) is 2.61. The van der Waals surface area contributed by atoms with Gasteiger partial charge in [0.15, 0.2) is 0 Å². The molecule has 0 aliphatic rings. The molecule has 1 atom stereocenters. The van der Waals surface area contributed by atoms with E-state index in [1.165, 1.54) is 5.52 Å². The largest absolute Gasteiger partial charge is 0.330 e. The molecule has 4 nitrogen and oxygen atoms in total. The van der Waals surface area contributed by atoms with Crippen LogP contribution in [0, 0.1) is 0 Å². The molecule has 0 amide bonds. The molecule has 108 valence electrons. The quantitative estimate of drug-likeness (QED) is 0.781. The van der Waals surface area contributed by atoms with Gasteiger partial charge in [-0.3, -0.25) is 4.98 Å². The number of aromatic nitrogens is 3. The van der Waals surface area contributed by atoms with E-state index in [-0.39, 0.29) is 6.04 Å². The van der Waals surface area contributed by atoms with Gasteiger partial charge in [-0.25, -0.2) is 4.98 Å². The zero-order chi connectivity index (χ0) is 14.7. The molecule has 0 aliphatic heterocycles. The fraction of sp³-hybridized carbons (Fsp3) is 0.294. The predicted molar refractivity (Wildman–Crippen MR) is 85.1 cm³/mol. The van der Waals surface area contributed by atoms with E-state index in [2.05, 4.69) is 47.0 Å². The molecule has 0 radical (unpaired) electrons. The summed E-state index contributed by atoms with van der Waals surface area (Å²) >= 11 is 0. The average molecular weight is 280 g/mol. The molecular weight excluding hydrogens is 260 g/mol. The van der Waals surface area contributed by atoms with E-state index in [0.717, 1.165) is 30.0 Å². The minimum Gasteiger partial charge on any atom is -0.330 e. The zero-order valence-corrected chi connectivity index (χ0v) is 12.5. The van der Waals surface area contributed by atoms with Gasteiger partial charge in [-0.15, -0.1) is 0 Å². The number of para-hydroxylation sites is 2. The Kier molecular flexibility index (Phi) is 3.97. The third-order valence-electron chi connectivity index (χ3n) is 3.77. The molecule has 0 unspecified atom stereocenters. The van der Waals surface area contributed by atoms with E-state index in [1.54, 1.807) is 0 Å². The van der Waals surface area contributed by atoms with Gasteiger partial charge in [-0.05, 0) is 31.2 Å². The topological polar surface area (TPSA) is 42.7 Å². The maximum Gasteiger partial charge on any atom is 0.126 e. The highest BCUT2D eigenvalue weighted by molar-refractivity contribution is 5.75. The summed E-state index contributed by atoms with van der Waals surface area (Å²) < 4.78 is 2.16. The molecule has 0 saturated carbocycles. The Hall–Kier alpha value is -2.20. The van der Waals surface area contributed by atoms with Crippen molar-refractivity contribution in [1.82, 2.24) is 19.9 Å². The maximum atomic E-state index is 4.72. The Morgan fingerprint density at radius 1 is 1.14 bits per heavy atom. The van der Waals surface area contributed by atoms with Crippen molar-refractivity contribution < 1.29 is 0 Å². The molecule has 0 bridgehead atoms. The lowest BCUT2D eigenvalue weighted by molar-refractivity contribution is 0.534. The number of nitrogens with one attached hydrogen (secondary N) is 1. The summed E-state index contributed by atoms with van der Waals surface area (Å²) in [7, 11) is 2.07. The van der Waals surface area contributed by atoms with E-state index >= 15 is 0 Å². The van der Waals surface area contributed by atoms with E-state index in [9.17, 15) is 0 Å². The second-order valence-electron chi connectivity index (χ2n) is 5.26. The molecule has 1 aromatic carbocycles. The van der Waals surface area contributed by atoms with Crippen LogP contribution < -0.4 is 5.32 Å². The standard InChI is InChI=1S/C17H20N4/c1-13(18-12-10-14-7-5-6-11-19-14)17-20-15-8-3-4-9-16(15)21(17)2/h3-9,11,13,18H,10,12H2,1-2H3/t13-/m0/s1. The third-order valence-corrected chi connectivity index (χ3v) is 3.77. The number of rotatable bonds is 5. The van der Waals surface area contributed by atoms with E-state index in [0.29, 0.717) is 0 Å². The Labute approximate surface area is 124 Å². The van der Waals surface area contributed by atoms with Crippen molar-refractivity contribution in [3.63, 3.8) is 0 Å². The van der Waals surface area contributed by atoms with Gasteiger partial charge in [0.25, 0.3) is 0 Å². The van der Waals surface area contributed by atoms with Crippen LogP contribution in [0.4, 0.5) is 0 Å². The Balaban J connectivity index is 1.67. The third kappa shape index (κ3) is 2.95. The van der Waals surface area contributed by atoms with Gasteiger partial charge in [0.1, 0.15) is 5.82 Å². The lowest BCUT2D eigenvalue weighted by atomic mass is 10.2. The Morgan fingerprint density at radius 3 is 2.71 bits per heavy atom. The van der Waals surface area contributed by atoms with Gasteiger partial charge in [0.2, 0.25) is 0 Å². The van der Waals surface area contributed by atoms with Crippen LogP contribution in [0.3, 0.4) is 0 Å². The second-order valence-corrected chi connectivity index (χ2v) is 5.26. The second kappa shape index (κ2) is 6.06. The highest BCUT2D eigenvalue weighted by atomic mass is 15.1. The number of aryl methyl sites for hydroxylation is 1. The molecule has 0 spiro atoms. The normalized spacial score (nSPS) is 12.7. The number of hydrogen-bond donors (Lipinski definition) is 1. The fourth-order valence-electron chi connectivity index (χ4n) is 2.61. The summed E-state index contributed by atoms with van der Waals surface area (Å²) in [5, 5.41) is 3.53. The smallest absolute Gasteiger partial charge is 0.126 e. The summed E-state index contributed by atoms with van der Waals surface area (Å²) in [5.41, 5.74) is 3.33. The van der Waals surface area contributed by atoms with Crippen LogP contribution in [-0.2, 0) is 13.5 Å². The first-order valence-electron chi connectivity index (χ1n) is 7.30.